The first kappa shape index (κ1) is 20.3. The van der Waals surface area contributed by atoms with Crippen LogP contribution in [0, 0.1) is 5.82 Å². The van der Waals surface area contributed by atoms with Gasteiger partial charge in [-0.15, -0.1) is 0 Å². The number of hydrogen-bond donors (Lipinski definition) is 1. The normalized spacial score (nSPS) is 16.8. The van der Waals surface area contributed by atoms with Gasteiger partial charge in [0, 0.05) is 19.7 Å². The Balaban J connectivity index is 1.30. The molecule has 0 saturated carbocycles. The fraction of sp³-hybridized carbons (Fsp3) is 0.409. The van der Waals surface area contributed by atoms with Crippen LogP contribution in [0.2, 0.25) is 0 Å². The highest BCUT2D eigenvalue weighted by Crippen LogP contribution is 2.22. The number of nitrogens with one attached hydrogen (secondary N) is 1. The molecule has 2 amide bonds. The van der Waals surface area contributed by atoms with Gasteiger partial charge in [0.15, 0.2) is 0 Å². The second kappa shape index (κ2) is 10.8. The summed E-state index contributed by atoms with van der Waals surface area (Å²) in [6.45, 7) is 3.36. The molecule has 1 aliphatic rings. The molecule has 0 aromatic heterocycles. The maximum atomic E-state index is 13.1. The Labute approximate surface area is 165 Å². The molecule has 6 heteroatoms. The first-order chi connectivity index (χ1) is 13.7. The predicted octanol–water partition coefficient (Wildman–Crippen LogP) is 3.56. The summed E-state index contributed by atoms with van der Waals surface area (Å²) in [4.78, 5) is 14.1. The number of benzene rings is 2. The third-order valence-electron chi connectivity index (χ3n) is 4.72. The summed E-state index contributed by atoms with van der Waals surface area (Å²) < 4.78 is 24.4. The van der Waals surface area contributed by atoms with E-state index in [1.54, 1.807) is 17.0 Å². The average Bonchev–Trinajstić information content (AvgIpc) is 2.74. The lowest BCUT2D eigenvalue weighted by molar-refractivity contribution is -0.0155. The molecule has 1 unspecified atom stereocenters. The van der Waals surface area contributed by atoms with E-state index in [0.717, 1.165) is 18.4 Å². The molecule has 5 nitrogen and oxygen atoms in total. The molecular weight excluding hydrogens is 359 g/mol. The fourth-order valence-electron chi connectivity index (χ4n) is 3.13. The molecule has 28 heavy (non-hydrogen) atoms. The van der Waals surface area contributed by atoms with Crippen LogP contribution in [0.4, 0.5) is 9.18 Å². The third-order valence-corrected chi connectivity index (χ3v) is 4.72. The van der Waals surface area contributed by atoms with Crippen molar-refractivity contribution in [1.29, 1.82) is 0 Å². The van der Waals surface area contributed by atoms with Crippen LogP contribution >= 0.6 is 0 Å². The van der Waals surface area contributed by atoms with E-state index >= 15 is 0 Å². The number of ether oxygens (including phenoxy) is 2. The van der Waals surface area contributed by atoms with E-state index in [1.165, 1.54) is 17.7 Å². The molecule has 1 heterocycles. The molecule has 1 N–H and O–H groups in total. The maximum Gasteiger partial charge on any atom is 0.317 e. The van der Waals surface area contributed by atoms with Crippen LogP contribution in [0.3, 0.4) is 0 Å². The van der Waals surface area contributed by atoms with E-state index in [1.807, 2.05) is 18.2 Å². The van der Waals surface area contributed by atoms with Crippen molar-refractivity contribution >= 4 is 6.03 Å². The minimum atomic E-state index is -0.278. The number of urea groups is 1. The SMILES string of the molecule is O=C(NCCCOCCc1ccccc1)N1CCOC(c2ccc(F)cc2)C1. The van der Waals surface area contributed by atoms with Crippen LogP contribution in [0.1, 0.15) is 23.7 Å². The molecule has 0 spiro atoms. The number of carbonyl (C=O) groups excluding carboxylic acids is 1. The Morgan fingerprint density at radius 2 is 1.93 bits per heavy atom. The summed E-state index contributed by atoms with van der Waals surface area (Å²) in [5.74, 6) is -0.278. The second-order valence-corrected chi connectivity index (χ2v) is 6.79. The van der Waals surface area contributed by atoms with Crippen molar-refractivity contribution < 1.29 is 18.7 Å². The van der Waals surface area contributed by atoms with Crippen LogP contribution in [0.15, 0.2) is 54.6 Å². The minimum absolute atomic E-state index is 0.0975. The zero-order valence-electron chi connectivity index (χ0n) is 16.0. The number of nitrogens with zero attached hydrogens (tertiary/aromatic N) is 1. The minimum Gasteiger partial charge on any atom is -0.381 e. The average molecular weight is 386 g/mol. The summed E-state index contributed by atoms with van der Waals surface area (Å²) in [6, 6.07) is 16.4. The van der Waals surface area contributed by atoms with Crippen LogP contribution in [-0.2, 0) is 15.9 Å². The highest BCUT2D eigenvalue weighted by atomic mass is 19.1. The van der Waals surface area contributed by atoms with Gasteiger partial charge in [0.1, 0.15) is 11.9 Å². The molecule has 1 saturated heterocycles. The molecule has 3 rings (SSSR count). The van der Waals surface area contributed by atoms with Crippen molar-refractivity contribution in [3.8, 4) is 0 Å². The van der Waals surface area contributed by atoms with Crippen LogP contribution in [-0.4, -0.2) is 50.4 Å². The Kier molecular flexibility index (Phi) is 7.82. The third kappa shape index (κ3) is 6.32. The fourth-order valence-corrected chi connectivity index (χ4v) is 3.13. The van der Waals surface area contributed by atoms with E-state index in [-0.39, 0.29) is 18.0 Å². The van der Waals surface area contributed by atoms with Gasteiger partial charge in [-0.25, -0.2) is 9.18 Å². The van der Waals surface area contributed by atoms with E-state index in [2.05, 4.69) is 17.4 Å². The summed E-state index contributed by atoms with van der Waals surface area (Å²) in [7, 11) is 0. The van der Waals surface area contributed by atoms with Crippen molar-refractivity contribution in [3.05, 3.63) is 71.5 Å². The number of rotatable bonds is 8. The summed E-state index contributed by atoms with van der Waals surface area (Å²) in [6.07, 6.45) is 1.44. The van der Waals surface area contributed by atoms with Gasteiger partial charge in [-0.3, -0.25) is 0 Å². The van der Waals surface area contributed by atoms with Crippen molar-refractivity contribution in [3.63, 3.8) is 0 Å². The quantitative estimate of drug-likeness (QED) is 0.706. The number of hydrogen-bond acceptors (Lipinski definition) is 3. The summed E-state index contributed by atoms with van der Waals surface area (Å²) in [5.41, 5.74) is 2.14. The number of morpholine rings is 1. The van der Waals surface area contributed by atoms with Crippen molar-refractivity contribution in [1.82, 2.24) is 10.2 Å². The zero-order valence-corrected chi connectivity index (χ0v) is 16.0. The lowest BCUT2D eigenvalue weighted by Gasteiger charge is -2.33. The van der Waals surface area contributed by atoms with Crippen molar-refractivity contribution in [2.45, 2.75) is 18.9 Å². The molecule has 2 aromatic carbocycles. The Hall–Kier alpha value is -2.44. The molecule has 1 fully saturated rings. The maximum absolute atomic E-state index is 13.1. The van der Waals surface area contributed by atoms with E-state index in [4.69, 9.17) is 9.47 Å². The standard InChI is InChI=1S/C22H27FN2O3/c23-20-9-7-19(8-10-20)21-17-25(13-16-28-21)22(26)24-12-4-14-27-15-11-18-5-2-1-3-6-18/h1-3,5-10,21H,4,11-17H2,(H,24,26). The molecule has 0 bridgehead atoms. The lowest BCUT2D eigenvalue weighted by Crippen LogP contribution is -2.47. The van der Waals surface area contributed by atoms with Crippen LogP contribution in [0.5, 0.6) is 0 Å². The molecule has 2 aromatic rings. The number of amides is 2. The Morgan fingerprint density at radius 1 is 1.14 bits per heavy atom. The predicted molar refractivity (Wildman–Crippen MR) is 106 cm³/mol. The van der Waals surface area contributed by atoms with Crippen LogP contribution < -0.4 is 5.32 Å². The van der Waals surface area contributed by atoms with Crippen LogP contribution in [0.25, 0.3) is 0 Å². The first-order valence-electron chi connectivity index (χ1n) is 9.74. The smallest absolute Gasteiger partial charge is 0.317 e. The molecule has 150 valence electrons. The first-order valence-corrected chi connectivity index (χ1v) is 9.74. The molecule has 0 aliphatic carbocycles. The van der Waals surface area contributed by atoms with Gasteiger partial charge in [0.25, 0.3) is 0 Å². The van der Waals surface area contributed by atoms with E-state index in [9.17, 15) is 9.18 Å². The molecule has 1 atom stereocenters. The highest BCUT2D eigenvalue weighted by molar-refractivity contribution is 5.74. The number of carbonyl (C=O) groups is 1. The molecule has 1 aliphatic heterocycles. The van der Waals surface area contributed by atoms with Gasteiger partial charge in [0.2, 0.25) is 0 Å². The Morgan fingerprint density at radius 3 is 2.71 bits per heavy atom. The van der Waals surface area contributed by atoms with Gasteiger partial charge in [-0.1, -0.05) is 42.5 Å². The van der Waals surface area contributed by atoms with Gasteiger partial charge in [-0.2, -0.15) is 0 Å². The largest absolute Gasteiger partial charge is 0.381 e. The van der Waals surface area contributed by atoms with E-state index < -0.39 is 0 Å². The van der Waals surface area contributed by atoms with Gasteiger partial charge >= 0.3 is 6.03 Å². The Bertz CT molecular complexity index is 724. The van der Waals surface area contributed by atoms with Crippen molar-refractivity contribution in [2.24, 2.45) is 0 Å². The monoisotopic (exact) mass is 386 g/mol. The zero-order chi connectivity index (χ0) is 19.6. The van der Waals surface area contributed by atoms with Gasteiger partial charge in [0.05, 0.1) is 19.8 Å². The summed E-state index contributed by atoms with van der Waals surface area (Å²) >= 11 is 0. The summed E-state index contributed by atoms with van der Waals surface area (Å²) in [5, 5.41) is 2.93. The second-order valence-electron chi connectivity index (χ2n) is 6.79. The lowest BCUT2D eigenvalue weighted by atomic mass is 10.1. The van der Waals surface area contributed by atoms with E-state index in [0.29, 0.717) is 39.5 Å². The van der Waals surface area contributed by atoms with Gasteiger partial charge in [-0.05, 0) is 36.1 Å². The van der Waals surface area contributed by atoms with Gasteiger partial charge < -0.3 is 19.7 Å². The van der Waals surface area contributed by atoms with Crippen molar-refractivity contribution in [2.75, 3.05) is 39.5 Å². The topological polar surface area (TPSA) is 50.8 Å². The number of halogens is 1. The molecule has 0 radical (unpaired) electrons. The highest BCUT2D eigenvalue weighted by Gasteiger charge is 2.25. The molecular formula is C22H27FN2O3.